The summed E-state index contributed by atoms with van der Waals surface area (Å²) in [5, 5.41) is 3.14. The number of hydrogen-bond acceptors (Lipinski definition) is 4. The van der Waals surface area contributed by atoms with Gasteiger partial charge in [0.15, 0.2) is 0 Å². The molecule has 36 heavy (non-hydrogen) atoms. The Hall–Kier alpha value is -2.88. The van der Waals surface area contributed by atoms with E-state index in [-0.39, 0.29) is 18.9 Å². The van der Waals surface area contributed by atoms with Gasteiger partial charge in [0.05, 0.1) is 11.9 Å². The van der Waals surface area contributed by atoms with Gasteiger partial charge in [0, 0.05) is 29.5 Å². The largest absolute Gasteiger partial charge is 0.357 e. The smallest absolute Gasteiger partial charge is 0.244 e. The van der Waals surface area contributed by atoms with Crippen molar-refractivity contribution in [1.82, 2.24) is 10.2 Å². The number of halogens is 2. The Kier molecular flexibility index (Phi) is 9.53. The zero-order valence-corrected chi connectivity index (χ0v) is 23.1. The molecule has 1 N–H and O–H groups in total. The van der Waals surface area contributed by atoms with Crippen LogP contribution >= 0.6 is 27.5 Å². The summed E-state index contributed by atoms with van der Waals surface area (Å²) in [6.45, 7) is -0.397. The first-order valence-corrected chi connectivity index (χ1v) is 14.1. The van der Waals surface area contributed by atoms with Gasteiger partial charge in [0.2, 0.25) is 21.8 Å². The lowest BCUT2D eigenvalue weighted by molar-refractivity contribution is -0.139. The third-order valence-electron chi connectivity index (χ3n) is 5.55. The van der Waals surface area contributed by atoms with Crippen molar-refractivity contribution in [3.63, 3.8) is 0 Å². The minimum Gasteiger partial charge on any atom is -0.357 e. The average molecular weight is 593 g/mol. The van der Waals surface area contributed by atoms with E-state index >= 15 is 0 Å². The van der Waals surface area contributed by atoms with Crippen molar-refractivity contribution in [1.29, 1.82) is 0 Å². The van der Waals surface area contributed by atoms with Crippen LogP contribution in [0.25, 0.3) is 0 Å². The van der Waals surface area contributed by atoms with Crippen LogP contribution in [0.5, 0.6) is 0 Å². The number of anilines is 1. The summed E-state index contributed by atoms with van der Waals surface area (Å²) in [6, 6.07) is 22.1. The van der Waals surface area contributed by atoms with Gasteiger partial charge in [0.1, 0.15) is 12.6 Å². The predicted molar refractivity (Wildman–Crippen MR) is 146 cm³/mol. The molecule has 7 nitrogen and oxygen atoms in total. The fourth-order valence-electron chi connectivity index (χ4n) is 3.77. The molecule has 10 heteroatoms. The van der Waals surface area contributed by atoms with Crippen molar-refractivity contribution >= 4 is 55.1 Å². The van der Waals surface area contributed by atoms with Crippen molar-refractivity contribution in [2.45, 2.75) is 19.0 Å². The van der Waals surface area contributed by atoms with Crippen molar-refractivity contribution in [2.75, 3.05) is 24.2 Å². The van der Waals surface area contributed by atoms with E-state index in [0.717, 1.165) is 20.6 Å². The molecule has 0 bridgehead atoms. The molecule has 0 radical (unpaired) electrons. The first-order valence-electron chi connectivity index (χ1n) is 11.1. The number of carbonyl (C=O) groups excluding carboxylic acids is 2. The first kappa shape index (κ1) is 27.7. The average Bonchev–Trinajstić information content (AvgIpc) is 2.84. The number of carbonyl (C=O) groups is 2. The van der Waals surface area contributed by atoms with Crippen LogP contribution in [0.3, 0.4) is 0 Å². The van der Waals surface area contributed by atoms with Gasteiger partial charge in [-0.1, -0.05) is 70.0 Å². The number of nitrogens with one attached hydrogen (secondary N) is 1. The van der Waals surface area contributed by atoms with Crippen LogP contribution in [-0.4, -0.2) is 51.0 Å². The Morgan fingerprint density at radius 2 is 1.61 bits per heavy atom. The molecule has 3 aromatic rings. The molecule has 2 amide bonds. The van der Waals surface area contributed by atoms with E-state index in [9.17, 15) is 18.0 Å². The highest BCUT2D eigenvalue weighted by atomic mass is 79.9. The standard InChI is InChI=1S/C26H27BrClN3O4S/c1-29-26(33)24(16-19-7-4-3-5-8-19)30(17-20-9-6-10-22(28)15-20)25(32)18-31(36(2,34)35)23-13-11-21(27)12-14-23/h3-15,24H,16-18H2,1-2H3,(H,29,33)/t24-/m0/s1. The lowest BCUT2D eigenvalue weighted by Crippen LogP contribution is -2.52. The molecule has 3 rings (SSSR count). The fourth-order valence-corrected chi connectivity index (χ4v) is 5.10. The number of nitrogens with zero attached hydrogens (tertiary/aromatic N) is 2. The molecular weight excluding hydrogens is 566 g/mol. The maximum atomic E-state index is 13.8. The third kappa shape index (κ3) is 7.56. The lowest BCUT2D eigenvalue weighted by atomic mass is 10.0. The van der Waals surface area contributed by atoms with Crippen LogP contribution in [-0.2, 0) is 32.6 Å². The van der Waals surface area contributed by atoms with E-state index in [1.165, 1.54) is 11.9 Å². The fraction of sp³-hybridized carbons (Fsp3) is 0.231. The van der Waals surface area contributed by atoms with Gasteiger partial charge in [-0.15, -0.1) is 0 Å². The Balaban J connectivity index is 2.02. The number of sulfonamides is 1. The van der Waals surface area contributed by atoms with E-state index in [0.29, 0.717) is 16.3 Å². The summed E-state index contributed by atoms with van der Waals surface area (Å²) < 4.78 is 27.2. The molecule has 0 unspecified atom stereocenters. The lowest BCUT2D eigenvalue weighted by Gasteiger charge is -2.33. The number of benzene rings is 3. The van der Waals surface area contributed by atoms with E-state index in [2.05, 4.69) is 21.2 Å². The monoisotopic (exact) mass is 591 g/mol. The number of amides is 2. The summed E-state index contributed by atoms with van der Waals surface area (Å²) >= 11 is 9.51. The summed E-state index contributed by atoms with van der Waals surface area (Å²) in [5.74, 6) is -0.878. The minimum atomic E-state index is -3.80. The quantitative estimate of drug-likeness (QED) is 0.381. The van der Waals surface area contributed by atoms with Gasteiger partial charge in [-0.2, -0.15) is 0 Å². The van der Waals surface area contributed by atoms with E-state index in [4.69, 9.17) is 11.6 Å². The number of hydrogen-bond donors (Lipinski definition) is 1. The van der Waals surface area contributed by atoms with Crippen LogP contribution in [0.15, 0.2) is 83.3 Å². The number of likely N-dealkylation sites (N-methyl/N-ethyl adjacent to an activating group) is 1. The third-order valence-corrected chi connectivity index (χ3v) is 7.46. The summed E-state index contributed by atoms with van der Waals surface area (Å²) in [6.07, 6.45) is 1.30. The molecule has 0 aliphatic heterocycles. The highest BCUT2D eigenvalue weighted by molar-refractivity contribution is 9.10. The summed E-state index contributed by atoms with van der Waals surface area (Å²) in [5.41, 5.74) is 1.92. The van der Waals surface area contributed by atoms with Crippen LogP contribution in [0.2, 0.25) is 5.02 Å². The maximum absolute atomic E-state index is 13.8. The van der Waals surface area contributed by atoms with Crippen molar-refractivity contribution in [2.24, 2.45) is 0 Å². The van der Waals surface area contributed by atoms with Crippen molar-refractivity contribution in [3.05, 3.63) is 99.5 Å². The summed E-state index contributed by atoms with van der Waals surface area (Å²) in [4.78, 5) is 28.2. The van der Waals surface area contributed by atoms with Crippen molar-refractivity contribution < 1.29 is 18.0 Å². The molecule has 0 heterocycles. The van der Waals surface area contributed by atoms with Crippen LogP contribution in [0.1, 0.15) is 11.1 Å². The van der Waals surface area contributed by atoms with Crippen LogP contribution < -0.4 is 9.62 Å². The second kappa shape index (κ2) is 12.4. The SMILES string of the molecule is CNC(=O)[C@H](Cc1ccccc1)N(Cc1cccc(Cl)c1)C(=O)CN(c1ccc(Br)cc1)S(C)(=O)=O. The first-order chi connectivity index (χ1) is 17.1. The number of rotatable bonds is 10. The van der Waals surface area contributed by atoms with Gasteiger partial charge in [0.25, 0.3) is 0 Å². The molecule has 0 fully saturated rings. The molecular formula is C26H27BrClN3O4S. The topological polar surface area (TPSA) is 86.8 Å². The highest BCUT2D eigenvalue weighted by Gasteiger charge is 2.32. The second-order valence-corrected chi connectivity index (χ2v) is 11.5. The normalized spacial score (nSPS) is 12.0. The zero-order chi connectivity index (χ0) is 26.3. The predicted octanol–water partition coefficient (Wildman–Crippen LogP) is 4.25. The minimum absolute atomic E-state index is 0.0717. The molecule has 0 aliphatic carbocycles. The second-order valence-electron chi connectivity index (χ2n) is 8.22. The van der Waals surface area contributed by atoms with Gasteiger partial charge in [-0.25, -0.2) is 8.42 Å². The molecule has 0 saturated carbocycles. The molecule has 190 valence electrons. The van der Waals surface area contributed by atoms with Gasteiger partial charge in [-0.3, -0.25) is 13.9 Å². The Bertz CT molecular complexity index is 1300. The van der Waals surface area contributed by atoms with Gasteiger partial charge >= 0.3 is 0 Å². The van der Waals surface area contributed by atoms with E-state index < -0.39 is 28.5 Å². The Labute approximate surface area is 225 Å². The van der Waals surface area contributed by atoms with Gasteiger partial charge in [-0.05, 0) is 47.5 Å². The molecule has 0 spiro atoms. The molecule has 0 saturated heterocycles. The highest BCUT2D eigenvalue weighted by Crippen LogP contribution is 2.23. The van der Waals surface area contributed by atoms with Crippen molar-refractivity contribution in [3.8, 4) is 0 Å². The van der Waals surface area contributed by atoms with Crippen LogP contribution in [0, 0.1) is 0 Å². The van der Waals surface area contributed by atoms with E-state index in [1.54, 1.807) is 48.5 Å². The van der Waals surface area contributed by atoms with Crippen LogP contribution in [0.4, 0.5) is 5.69 Å². The molecule has 0 aromatic heterocycles. The molecule has 0 aliphatic rings. The Morgan fingerprint density at radius 3 is 2.19 bits per heavy atom. The molecule has 1 atom stereocenters. The zero-order valence-electron chi connectivity index (χ0n) is 19.9. The van der Waals surface area contributed by atoms with E-state index in [1.807, 2.05) is 30.3 Å². The molecule has 3 aromatic carbocycles. The Morgan fingerprint density at radius 1 is 0.972 bits per heavy atom. The maximum Gasteiger partial charge on any atom is 0.244 e. The summed E-state index contributed by atoms with van der Waals surface area (Å²) in [7, 11) is -2.29. The van der Waals surface area contributed by atoms with Gasteiger partial charge < -0.3 is 10.2 Å².